The number of alkyl halides is 5. The summed E-state index contributed by atoms with van der Waals surface area (Å²) in [5.41, 5.74) is 0.323. The maximum atomic E-state index is 13.0. The first-order chi connectivity index (χ1) is 21.3. The molecule has 1 amide bonds. The molecule has 4 rings (SSSR count). The Hall–Kier alpha value is -4.07. The van der Waals surface area contributed by atoms with Crippen molar-refractivity contribution in [1.82, 2.24) is 15.2 Å². The van der Waals surface area contributed by atoms with E-state index >= 15 is 0 Å². The minimum atomic E-state index is -4.46. The van der Waals surface area contributed by atoms with Gasteiger partial charge in [-0.2, -0.15) is 27.2 Å². The molecule has 1 aliphatic rings. The van der Waals surface area contributed by atoms with Crippen molar-refractivity contribution in [2.24, 2.45) is 0 Å². The highest BCUT2D eigenvalue weighted by Gasteiger charge is 2.33. The molecule has 242 valence electrons. The number of halogens is 5. The van der Waals surface area contributed by atoms with Crippen molar-refractivity contribution in [3.05, 3.63) is 77.2 Å². The second-order valence-electron chi connectivity index (χ2n) is 10.2. The van der Waals surface area contributed by atoms with Crippen LogP contribution in [0.1, 0.15) is 46.6 Å². The fourth-order valence-corrected chi connectivity index (χ4v) is 5.73. The normalized spacial score (nSPS) is 16.8. The van der Waals surface area contributed by atoms with E-state index in [1.165, 1.54) is 43.3 Å². The molecule has 16 heteroatoms. The number of benzene rings is 2. The average Bonchev–Trinajstić information content (AvgIpc) is 3.50. The zero-order valence-electron chi connectivity index (χ0n) is 24.0. The van der Waals surface area contributed by atoms with Crippen molar-refractivity contribution in [3.8, 4) is 6.07 Å². The third kappa shape index (κ3) is 8.77. The Morgan fingerprint density at radius 3 is 2.44 bits per heavy atom. The van der Waals surface area contributed by atoms with Crippen LogP contribution in [0.4, 0.5) is 28.0 Å². The van der Waals surface area contributed by atoms with E-state index in [2.05, 4.69) is 15.0 Å². The molecule has 0 spiro atoms. The van der Waals surface area contributed by atoms with Crippen LogP contribution >= 0.6 is 0 Å². The summed E-state index contributed by atoms with van der Waals surface area (Å²) in [7, 11) is -3.44. The molecule has 3 aromatic rings. The number of ether oxygens (including phenoxy) is 1. The molecule has 1 aliphatic heterocycles. The highest BCUT2D eigenvalue weighted by molar-refractivity contribution is 7.91. The number of hydrogen-bond donors (Lipinski definition) is 1. The molecular weight excluding hydrogens is 625 g/mol. The molecule has 2 heterocycles. The molecule has 2 aromatic carbocycles. The van der Waals surface area contributed by atoms with Crippen LogP contribution in [-0.4, -0.2) is 68.9 Å². The molecule has 45 heavy (non-hydrogen) atoms. The molecular formula is C29H30F5N5O5S. The number of nitriles is 1. The van der Waals surface area contributed by atoms with Gasteiger partial charge in [0.25, 0.3) is 11.9 Å². The Labute approximate surface area is 256 Å². The van der Waals surface area contributed by atoms with E-state index in [1.807, 2.05) is 11.0 Å². The largest absolute Gasteiger partial charge is 0.418 e. The van der Waals surface area contributed by atoms with Gasteiger partial charge in [0, 0.05) is 26.2 Å². The van der Waals surface area contributed by atoms with Gasteiger partial charge in [-0.1, -0.05) is 31.2 Å². The van der Waals surface area contributed by atoms with Gasteiger partial charge in [0.2, 0.25) is 5.76 Å². The molecule has 0 saturated carbocycles. The van der Waals surface area contributed by atoms with Crippen molar-refractivity contribution in [1.29, 1.82) is 5.26 Å². The number of anilines is 1. The number of carbonyl (C=O) groups excluding carboxylic acids is 1. The molecule has 1 unspecified atom stereocenters. The second-order valence-corrected chi connectivity index (χ2v) is 12.5. The lowest BCUT2D eigenvalue weighted by Crippen LogP contribution is -2.55. The highest BCUT2D eigenvalue weighted by Crippen LogP contribution is 2.30. The molecule has 2 atom stereocenters. The zero-order chi connectivity index (χ0) is 32.8. The number of sulfone groups is 1. The summed E-state index contributed by atoms with van der Waals surface area (Å²) in [6.45, 7) is -0.887. The molecule has 0 radical (unpaired) electrons. The first-order valence-corrected chi connectivity index (χ1v) is 15.5. The fourth-order valence-electron chi connectivity index (χ4n) is 4.85. The van der Waals surface area contributed by atoms with Gasteiger partial charge in [-0.3, -0.25) is 9.69 Å². The van der Waals surface area contributed by atoms with Gasteiger partial charge in [-0.15, -0.1) is 0 Å². The summed E-state index contributed by atoms with van der Waals surface area (Å²) in [6, 6.07) is 11.0. The van der Waals surface area contributed by atoms with Crippen LogP contribution in [0.2, 0.25) is 0 Å². The molecule has 0 bridgehead atoms. The molecule has 1 N–H and O–H groups in total. The number of nitrogens with zero attached hydrogens (tertiary/aromatic N) is 4. The topological polar surface area (TPSA) is 129 Å². The van der Waals surface area contributed by atoms with Gasteiger partial charge < -0.3 is 19.4 Å². The third-order valence-electron chi connectivity index (χ3n) is 7.25. The van der Waals surface area contributed by atoms with Gasteiger partial charge in [0.15, 0.2) is 9.84 Å². The Morgan fingerprint density at radius 1 is 1.16 bits per heavy atom. The van der Waals surface area contributed by atoms with Gasteiger partial charge in [-0.25, -0.2) is 13.4 Å². The van der Waals surface area contributed by atoms with Crippen molar-refractivity contribution in [2.75, 3.05) is 36.9 Å². The van der Waals surface area contributed by atoms with Crippen molar-refractivity contribution >= 4 is 21.8 Å². The van der Waals surface area contributed by atoms with Gasteiger partial charge in [-0.05, 0) is 35.4 Å². The van der Waals surface area contributed by atoms with E-state index in [0.717, 1.165) is 18.3 Å². The molecule has 1 fully saturated rings. The number of oxazole rings is 1. The van der Waals surface area contributed by atoms with Crippen LogP contribution in [-0.2, 0) is 27.3 Å². The molecule has 1 aromatic heterocycles. The fraction of sp³-hybridized carbons (Fsp3) is 0.414. The lowest BCUT2D eigenvalue weighted by atomic mass is 10.0. The van der Waals surface area contributed by atoms with E-state index < -0.39 is 52.8 Å². The van der Waals surface area contributed by atoms with Crippen LogP contribution in [0.5, 0.6) is 0 Å². The number of piperazine rings is 1. The van der Waals surface area contributed by atoms with Crippen molar-refractivity contribution in [2.45, 2.75) is 49.7 Å². The Kier molecular flexibility index (Phi) is 10.8. The maximum absolute atomic E-state index is 13.0. The van der Waals surface area contributed by atoms with E-state index in [-0.39, 0.29) is 48.5 Å². The van der Waals surface area contributed by atoms with Crippen LogP contribution in [0.25, 0.3) is 0 Å². The SMILES string of the molecule is CCS(=O)(=O)c1ccc([C@H](CC#N)NC(=O)c2cnc(N3CCN(Cc4ccc(C(F)(F)F)cc4)CC3COC(F)F)o2)cc1. The number of amides is 1. The summed E-state index contributed by atoms with van der Waals surface area (Å²) < 4.78 is 99.1. The highest BCUT2D eigenvalue weighted by atomic mass is 32.2. The van der Waals surface area contributed by atoms with Crippen LogP contribution < -0.4 is 10.2 Å². The summed E-state index contributed by atoms with van der Waals surface area (Å²) in [6.07, 6.45) is -3.43. The quantitative estimate of drug-likeness (QED) is 0.274. The maximum Gasteiger partial charge on any atom is 0.416 e. The summed E-state index contributed by atoms with van der Waals surface area (Å²) in [5, 5.41) is 12.0. The Morgan fingerprint density at radius 2 is 1.84 bits per heavy atom. The molecule has 1 saturated heterocycles. The van der Waals surface area contributed by atoms with E-state index in [4.69, 9.17) is 4.42 Å². The molecule has 10 nitrogen and oxygen atoms in total. The van der Waals surface area contributed by atoms with E-state index in [0.29, 0.717) is 17.7 Å². The standard InChI is InChI=1S/C29H30F5N5O5S/c1-2-45(41,42)23-9-5-20(6-10-23)24(11-12-35)37-26(40)25-15-36-28(44-25)39-14-13-38(17-22(39)18-43-27(30)31)16-19-3-7-21(8-4-19)29(32,33)34/h3-10,15,22,24,27H,2,11,13-14,16-18H2,1H3,(H,37,40)/t22?,24-/m0/s1. The number of rotatable bonds is 12. The number of hydrogen-bond acceptors (Lipinski definition) is 9. The summed E-state index contributed by atoms with van der Waals surface area (Å²) in [5.74, 6) is -0.999. The summed E-state index contributed by atoms with van der Waals surface area (Å²) in [4.78, 5) is 20.7. The first kappa shape index (κ1) is 33.8. The summed E-state index contributed by atoms with van der Waals surface area (Å²) >= 11 is 0. The zero-order valence-corrected chi connectivity index (χ0v) is 24.8. The monoisotopic (exact) mass is 655 g/mol. The lowest BCUT2D eigenvalue weighted by Gasteiger charge is -2.40. The Bertz CT molecular complexity index is 1590. The second kappa shape index (κ2) is 14.4. The lowest BCUT2D eigenvalue weighted by molar-refractivity contribution is -0.137. The van der Waals surface area contributed by atoms with Crippen LogP contribution in [0.15, 0.2) is 64.0 Å². The van der Waals surface area contributed by atoms with Gasteiger partial charge >= 0.3 is 12.8 Å². The van der Waals surface area contributed by atoms with Crippen LogP contribution in [0.3, 0.4) is 0 Å². The van der Waals surface area contributed by atoms with Crippen LogP contribution in [0, 0.1) is 11.3 Å². The van der Waals surface area contributed by atoms with Gasteiger partial charge in [0.1, 0.15) is 0 Å². The number of aromatic nitrogens is 1. The smallest absolute Gasteiger partial charge is 0.416 e. The minimum absolute atomic E-state index is 0.0249. The number of nitrogens with one attached hydrogen (secondary N) is 1. The van der Waals surface area contributed by atoms with E-state index in [9.17, 15) is 40.4 Å². The van der Waals surface area contributed by atoms with Crippen molar-refractivity contribution < 1.29 is 44.3 Å². The van der Waals surface area contributed by atoms with Gasteiger partial charge in [0.05, 0.1) is 53.6 Å². The molecule has 0 aliphatic carbocycles. The first-order valence-electron chi connectivity index (χ1n) is 13.8. The van der Waals surface area contributed by atoms with Crippen molar-refractivity contribution in [3.63, 3.8) is 0 Å². The number of carbonyl (C=O) groups is 1. The minimum Gasteiger partial charge on any atom is -0.418 e. The predicted octanol–water partition coefficient (Wildman–Crippen LogP) is 4.80. The predicted molar refractivity (Wildman–Crippen MR) is 151 cm³/mol. The average molecular weight is 656 g/mol. The van der Waals surface area contributed by atoms with E-state index in [1.54, 1.807) is 4.90 Å². The third-order valence-corrected chi connectivity index (χ3v) is 9.00. The Balaban J connectivity index is 1.45.